The highest BCUT2D eigenvalue weighted by molar-refractivity contribution is 6.30. The highest BCUT2D eigenvalue weighted by Gasteiger charge is 2.12. The third-order valence-corrected chi connectivity index (χ3v) is 2.61. The molecule has 88 valence electrons. The molecule has 0 spiro atoms. The van der Waals surface area contributed by atoms with Crippen LogP contribution in [0.25, 0.3) is 0 Å². The lowest BCUT2D eigenvalue weighted by Crippen LogP contribution is -2.24. The van der Waals surface area contributed by atoms with Crippen LogP contribution in [0.2, 0.25) is 5.02 Å². The summed E-state index contributed by atoms with van der Waals surface area (Å²) in [5.41, 5.74) is 0.556. The molecule has 3 nitrogen and oxygen atoms in total. The molecule has 1 rings (SSSR count). The number of rotatable bonds is 4. The summed E-state index contributed by atoms with van der Waals surface area (Å²) in [4.78, 5) is 11.4. The number of carbonyl (C=O) groups is 1. The minimum atomic E-state index is -0.603. The minimum Gasteiger partial charge on any atom is -0.443 e. The van der Waals surface area contributed by atoms with Gasteiger partial charge in [0.15, 0.2) is 0 Å². The Morgan fingerprint density at radius 3 is 2.62 bits per heavy atom. The molecule has 0 heterocycles. The third-order valence-electron chi connectivity index (χ3n) is 1.69. The number of halogens is 3. The zero-order chi connectivity index (χ0) is 12.0. The Kier molecular flexibility index (Phi) is 5.74. The molecule has 1 aromatic rings. The monoisotopic (exact) mass is 281 g/mol. The van der Waals surface area contributed by atoms with Crippen molar-refractivity contribution in [2.24, 2.45) is 0 Å². The molecule has 16 heavy (non-hydrogen) atoms. The Morgan fingerprint density at radius 1 is 1.38 bits per heavy atom. The van der Waals surface area contributed by atoms with Gasteiger partial charge in [-0.1, -0.05) is 17.7 Å². The topological polar surface area (TPSA) is 38.3 Å². The number of alkyl halides is 2. The molecule has 1 aromatic carbocycles. The largest absolute Gasteiger partial charge is 0.443 e. The average Bonchev–Trinajstić information content (AvgIpc) is 2.26. The molecule has 0 aromatic heterocycles. The van der Waals surface area contributed by atoms with Gasteiger partial charge in [0.25, 0.3) is 0 Å². The molecule has 0 saturated carbocycles. The van der Waals surface area contributed by atoms with E-state index in [0.717, 1.165) is 0 Å². The molecule has 0 bridgehead atoms. The first-order chi connectivity index (χ1) is 7.65. The Balaban J connectivity index is 2.51. The Morgan fingerprint density at radius 2 is 2.06 bits per heavy atom. The van der Waals surface area contributed by atoms with Crippen LogP contribution in [0.4, 0.5) is 10.5 Å². The van der Waals surface area contributed by atoms with E-state index in [2.05, 4.69) is 5.32 Å². The van der Waals surface area contributed by atoms with E-state index in [0.29, 0.717) is 10.7 Å². The first kappa shape index (κ1) is 13.4. The number of carbonyl (C=O) groups excluding carboxylic acids is 1. The van der Waals surface area contributed by atoms with Gasteiger partial charge in [-0.05, 0) is 18.2 Å². The van der Waals surface area contributed by atoms with Gasteiger partial charge in [0.05, 0.1) is 11.8 Å². The van der Waals surface area contributed by atoms with Crippen LogP contribution < -0.4 is 5.32 Å². The predicted octanol–water partition coefficient (Wildman–Crippen LogP) is 3.73. The van der Waals surface area contributed by atoms with Crippen molar-refractivity contribution in [3.8, 4) is 0 Å². The van der Waals surface area contributed by atoms with Crippen LogP contribution in [0.1, 0.15) is 0 Å². The van der Waals surface area contributed by atoms with Gasteiger partial charge in [-0.25, -0.2) is 4.79 Å². The molecule has 0 fully saturated rings. The number of benzene rings is 1. The summed E-state index contributed by atoms with van der Waals surface area (Å²) in [5, 5.41) is 3.05. The lowest BCUT2D eigenvalue weighted by Gasteiger charge is -2.12. The summed E-state index contributed by atoms with van der Waals surface area (Å²) in [7, 11) is 0. The van der Waals surface area contributed by atoms with Gasteiger partial charge in [0.2, 0.25) is 0 Å². The van der Waals surface area contributed by atoms with Gasteiger partial charge < -0.3 is 4.74 Å². The van der Waals surface area contributed by atoms with Crippen LogP contribution in [0.5, 0.6) is 0 Å². The molecule has 0 aliphatic heterocycles. The van der Waals surface area contributed by atoms with Crippen LogP contribution in [0, 0.1) is 0 Å². The molecule has 6 heteroatoms. The number of nitrogens with one attached hydrogen (secondary N) is 1. The van der Waals surface area contributed by atoms with Crippen molar-refractivity contribution in [1.29, 1.82) is 0 Å². The van der Waals surface area contributed by atoms with E-state index in [1.165, 1.54) is 0 Å². The van der Waals surface area contributed by atoms with E-state index in [1.807, 2.05) is 0 Å². The van der Waals surface area contributed by atoms with E-state index in [9.17, 15) is 4.79 Å². The highest BCUT2D eigenvalue weighted by Crippen LogP contribution is 2.15. The van der Waals surface area contributed by atoms with Gasteiger partial charge >= 0.3 is 6.09 Å². The molecular formula is C10H10Cl3NO2. The lowest BCUT2D eigenvalue weighted by atomic mass is 10.3. The number of hydrogen-bond donors (Lipinski definition) is 1. The summed E-state index contributed by atoms with van der Waals surface area (Å²) in [5.74, 6) is 0.318. The smallest absolute Gasteiger partial charge is 0.411 e. The lowest BCUT2D eigenvalue weighted by molar-refractivity contribution is 0.133. The Hall–Kier alpha value is -0.640. The van der Waals surface area contributed by atoms with Gasteiger partial charge in [-0.3, -0.25) is 5.32 Å². The fourth-order valence-corrected chi connectivity index (χ4v) is 1.62. The molecule has 0 radical (unpaired) electrons. The number of anilines is 1. The number of ether oxygens (including phenoxy) is 1. The van der Waals surface area contributed by atoms with Gasteiger partial charge in [0.1, 0.15) is 6.10 Å². The molecule has 1 amide bonds. The van der Waals surface area contributed by atoms with E-state index in [1.54, 1.807) is 24.3 Å². The van der Waals surface area contributed by atoms with Gasteiger partial charge in [0, 0.05) is 10.7 Å². The fourth-order valence-electron chi connectivity index (χ4n) is 0.969. The maximum absolute atomic E-state index is 11.4. The van der Waals surface area contributed by atoms with Crippen molar-refractivity contribution < 1.29 is 9.53 Å². The van der Waals surface area contributed by atoms with Gasteiger partial charge in [-0.15, -0.1) is 23.2 Å². The van der Waals surface area contributed by atoms with Crippen molar-refractivity contribution >= 4 is 46.6 Å². The number of amides is 1. The summed E-state index contributed by atoms with van der Waals surface area (Å²) < 4.78 is 4.94. The van der Waals surface area contributed by atoms with Crippen LogP contribution in [0.3, 0.4) is 0 Å². The molecule has 0 aliphatic rings. The molecule has 0 atom stereocenters. The summed E-state index contributed by atoms with van der Waals surface area (Å²) in [6, 6.07) is 6.74. The van der Waals surface area contributed by atoms with Crippen LogP contribution in [-0.2, 0) is 4.74 Å². The normalized spacial score (nSPS) is 10.2. The third kappa shape index (κ3) is 4.47. The van der Waals surface area contributed by atoms with E-state index >= 15 is 0 Å². The molecule has 0 aliphatic carbocycles. The average molecular weight is 283 g/mol. The standard InChI is InChI=1S/C10H10Cl3NO2/c11-5-9(6-12)16-10(15)14-8-3-1-2-7(13)4-8/h1-4,9H,5-6H2,(H,14,15). The second kappa shape index (κ2) is 6.84. The van der Waals surface area contributed by atoms with E-state index in [4.69, 9.17) is 39.5 Å². The summed E-state index contributed by atoms with van der Waals surface area (Å²) >= 11 is 16.8. The van der Waals surface area contributed by atoms with Crippen LogP contribution >= 0.6 is 34.8 Å². The highest BCUT2D eigenvalue weighted by atomic mass is 35.5. The van der Waals surface area contributed by atoms with Crippen LogP contribution in [-0.4, -0.2) is 24.0 Å². The molecule has 0 saturated heterocycles. The second-order valence-corrected chi connectivity index (χ2v) is 4.02. The first-order valence-corrected chi connectivity index (χ1v) is 5.95. The van der Waals surface area contributed by atoms with Gasteiger partial charge in [-0.2, -0.15) is 0 Å². The fraction of sp³-hybridized carbons (Fsp3) is 0.300. The second-order valence-electron chi connectivity index (χ2n) is 2.97. The van der Waals surface area contributed by atoms with E-state index < -0.39 is 12.2 Å². The quantitative estimate of drug-likeness (QED) is 0.855. The summed E-state index contributed by atoms with van der Waals surface area (Å²) in [6.45, 7) is 0. The van der Waals surface area contributed by atoms with Crippen molar-refractivity contribution in [1.82, 2.24) is 0 Å². The Bertz CT molecular complexity index is 356. The number of hydrogen-bond acceptors (Lipinski definition) is 2. The zero-order valence-electron chi connectivity index (χ0n) is 8.25. The van der Waals surface area contributed by atoms with E-state index in [-0.39, 0.29) is 11.8 Å². The van der Waals surface area contributed by atoms with Crippen molar-refractivity contribution in [2.45, 2.75) is 6.10 Å². The Labute approximate surface area is 109 Å². The van der Waals surface area contributed by atoms with Crippen LogP contribution in [0.15, 0.2) is 24.3 Å². The molecule has 1 N–H and O–H groups in total. The maximum atomic E-state index is 11.4. The summed E-state index contributed by atoms with van der Waals surface area (Å²) in [6.07, 6.45) is -1.10. The van der Waals surface area contributed by atoms with Crippen molar-refractivity contribution in [2.75, 3.05) is 17.1 Å². The van der Waals surface area contributed by atoms with Crippen molar-refractivity contribution in [3.05, 3.63) is 29.3 Å². The maximum Gasteiger partial charge on any atom is 0.411 e. The molecular weight excluding hydrogens is 272 g/mol. The zero-order valence-corrected chi connectivity index (χ0v) is 10.5. The first-order valence-electron chi connectivity index (χ1n) is 4.51. The van der Waals surface area contributed by atoms with Crippen molar-refractivity contribution in [3.63, 3.8) is 0 Å². The molecule has 0 unspecified atom stereocenters. The SMILES string of the molecule is O=C(Nc1cccc(Cl)c1)OC(CCl)CCl. The minimum absolute atomic E-state index is 0.159. The predicted molar refractivity (Wildman–Crippen MR) is 66.8 cm³/mol.